The highest BCUT2D eigenvalue weighted by atomic mass is 15.0. The van der Waals surface area contributed by atoms with E-state index in [2.05, 4.69) is 33.8 Å². The Morgan fingerprint density at radius 2 is 1.92 bits per heavy atom. The van der Waals surface area contributed by atoms with Crippen molar-refractivity contribution in [1.82, 2.24) is 19.9 Å². The number of hydrogen-bond donors (Lipinski definition) is 1. The topological polar surface area (TPSA) is 54.5 Å². The molecule has 0 aliphatic heterocycles. The van der Waals surface area contributed by atoms with Gasteiger partial charge >= 0.3 is 0 Å². The fourth-order valence-electron chi connectivity index (χ4n) is 0.886. The molecule has 0 amide bonds. The normalized spacial score (nSPS) is 9.46. The van der Waals surface area contributed by atoms with Crippen LogP contribution in [0.3, 0.4) is 0 Å². The molecule has 13 heavy (non-hydrogen) atoms. The fraction of sp³-hybridized carbons (Fsp3) is 0.444. The standard InChI is InChI=1S/C6H6N4.C3H8/c1-4-5-6(9-2-7-4)10-3-8-5;1-3-2/h2-3H,1H3,(H,7,8,9,10);3H2,1-2H3. The number of H-pyrrole nitrogens is 1. The fourth-order valence-corrected chi connectivity index (χ4v) is 0.886. The van der Waals surface area contributed by atoms with E-state index in [4.69, 9.17) is 0 Å². The largest absolute Gasteiger partial charge is 0.342 e. The highest BCUT2D eigenvalue weighted by molar-refractivity contribution is 5.71. The van der Waals surface area contributed by atoms with E-state index in [-0.39, 0.29) is 0 Å². The lowest BCUT2D eigenvalue weighted by Crippen LogP contribution is -1.84. The Morgan fingerprint density at radius 3 is 2.54 bits per heavy atom. The van der Waals surface area contributed by atoms with Gasteiger partial charge in [0.2, 0.25) is 0 Å². The molecule has 4 heteroatoms. The third-order valence-electron chi connectivity index (χ3n) is 1.41. The van der Waals surface area contributed by atoms with Crippen molar-refractivity contribution >= 4 is 11.2 Å². The number of rotatable bonds is 0. The van der Waals surface area contributed by atoms with E-state index < -0.39 is 0 Å². The van der Waals surface area contributed by atoms with Gasteiger partial charge in [0.05, 0.1) is 12.0 Å². The molecule has 0 radical (unpaired) electrons. The Morgan fingerprint density at radius 1 is 1.23 bits per heavy atom. The maximum absolute atomic E-state index is 4.00. The first-order valence-electron chi connectivity index (χ1n) is 4.40. The first-order valence-corrected chi connectivity index (χ1v) is 4.40. The monoisotopic (exact) mass is 178 g/mol. The molecule has 0 saturated heterocycles. The summed E-state index contributed by atoms with van der Waals surface area (Å²) in [5.41, 5.74) is 2.58. The van der Waals surface area contributed by atoms with Crippen molar-refractivity contribution in [3.05, 3.63) is 18.3 Å². The zero-order valence-electron chi connectivity index (χ0n) is 8.20. The Hall–Kier alpha value is -1.45. The summed E-state index contributed by atoms with van der Waals surface area (Å²) in [4.78, 5) is 14.9. The lowest BCUT2D eigenvalue weighted by atomic mass is 10.4. The van der Waals surface area contributed by atoms with E-state index in [0.29, 0.717) is 0 Å². The third kappa shape index (κ3) is 2.24. The summed E-state index contributed by atoms with van der Waals surface area (Å²) in [6, 6.07) is 0. The number of aromatic amines is 1. The Labute approximate surface area is 77.4 Å². The molecule has 0 atom stereocenters. The van der Waals surface area contributed by atoms with Crippen LogP contribution in [0.1, 0.15) is 26.0 Å². The molecule has 0 aliphatic rings. The number of fused-ring (bicyclic) bond motifs is 1. The lowest BCUT2D eigenvalue weighted by molar-refractivity contribution is 1.09. The smallest absolute Gasteiger partial charge is 0.180 e. The minimum Gasteiger partial charge on any atom is -0.342 e. The van der Waals surface area contributed by atoms with Gasteiger partial charge in [0.25, 0.3) is 0 Å². The van der Waals surface area contributed by atoms with Gasteiger partial charge in [0, 0.05) is 0 Å². The summed E-state index contributed by atoms with van der Waals surface area (Å²) >= 11 is 0. The van der Waals surface area contributed by atoms with Gasteiger partial charge in [-0.25, -0.2) is 15.0 Å². The van der Waals surface area contributed by atoms with Crippen molar-refractivity contribution in [1.29, 1.82) is 0 Å². The maximum atomic E-state index is 4.00. The molecule has 0 spiro atoms. The van der Waals surface area contributed by atoms with Crippen LogP contribution in [0.15, 0.2) is 12.7 Å². The summed E-state index contributed by atoms with van der Waals surface area (Å²) in [5.74, 6) is 0. The van der Waals surface area contributed by atoms with Crippen molar-refractivity contribution in [3.63, 3.8) is 0 Å². The summed E-state index contributed by atoms with van der Waals surface area (Å²) in [6.45, 7) is 6.17. The predicted octanol–water partition coefficient (Wildman–Crippen LogP) is 2.08. The average molecular weight is 178 g/mol. The first-order chi connectivity index (χ1) is 6.29. The second-order valence-corrected chi connectivity index (χ2v) is 2.77. The van der Waals surface area contributed by atoms with Gasteiger partial charge in [0.1, 0.15) is 11.8 Å². The third-order valence-corrected chi connectivity index (χ3v) is 1.41. The van der Waals surface area contributed by atoms with Crippen LogP contribution in [0.2, 0.25) is 0 Å². The van der Waals surface area contributed by atoms with Crippen molar-refractivity contribution in [2.45, 2.75) is 27.2 Å². The Balaban J connectivity index is 0.000000251. The predicted molar refractivity (Wildman–Crippen MR) is 52.4 cm³/mol. The van der Waals surface area contributed by atoms with Crippen LogP contribution in [0.5, 0.6) is 0 Å². The number of imidazole rings is 1. The molecule has 2 aromatic heterocycles. The summed E-state index contributed by atoms with van der Waals surface area (Å²) in [7, 11) is 0. The van der Waals surface area contributed by atoms with Crippen LogP contribution >= 0.6 is 0 Å². The number of aromatic nitrogens is 4. The average Bonchev–Trinajstić information content (AvgIpc) is 2.54. The number of hydrogen-bond acceptors (Lipinski definition) is 3. The van der Waals surface area contributed by atoms with E-state index in [1.54, 1.807) is 6.33 Å². The Kier molecular flexibility index (Phi) is 3.37. The summed E-state index contributed by atoms with van der Waals surface area (Å²) in [5, 5.41) is 0. The van der Waals surface area contributed by atoms with Crippen LogP contribution < -0.4 is 0 Å². The molecule has 2 heterocycles. The quantitative estimate of drug-likeness (QED) is 0.672. The molecular formula is C9H14N4. The van der Waals surface area contributed by atoms with E-state index in [0.717, 1.165) is 16.9 Å². The number of nitrogens with one attached hydrogen (secondary N) is 1. The van der Waals surface area contributed by atoms with Crippen molar-refractivity contribution < 1.29 is 0 Å². The van der Waals surface area contributed by atoms with Crippen LogP contribution in [-0.4, -0.2) is 19.9 Å². The molecule has 2 aromatic rings. The minimum absolute atomic E-state index is 0.729. The molecule has 1 N–H and O–H groups in total. The van der Waals surface area contributed by atoms with Crippen molar-refractivity contribution in [2.75, 3.05) is 0 Å². The van der Waals surface area contributed by atoms with Crippen LogP contribution in [0.25, 0.3) is 11.2 Å². The van der Waals surface area contributed by atoms with Gasteiger partial charge in [0.15, 0.2) is 5.65 Å². The van der Waals surface area contributed by atoms with E-state index in [9.17, 15) is 0 Å². The molecule has 4 nitrogen and oxygen atoms in total. The Bertz CT molecular complexity index is 366. The lowest BCUT2D eigenvalue weighted by Gasteiger charge is -1.89. The highest BCUT2D eigenvalue weighted by Crippen LogP contribution is 2.06. The summed E-state index contributed by atoms with van der Waals surface area (Å²) < 4.78 is 0. The second-order valence-electron chi connectivity index (χ2n) is 2.77. The number of nitrogens with zero attached hydrogens (tertiary/aromatic N) is 3. The van der Waals surface area contributed by atoms with Crippen molar-refractivity contribution in [3.8, 4) is 0 Å². The van der Waals surface area contributed by atoms with Gasteiger partial charge in [-0.3, -0.25) is 0 Å². The maximum Gasteiger partial charge on any atom is 0.180 e. The SMILES string of the molecule is CCC.Cc1ncnc2nc[nH]c12. The molecule has 0 aliphatic carbocycles. The van der Waals surface area contributed by atoms with Gasteiger partial charge < -0.3 is 4.98 Å². The van der Waals surface area contributed by atoms with Gasteiger partial charge in [-0.05, 0) is 6.92 Å². The second kappa shape index (κ2) is 4.54. The highest BCUT2D eigenvalue weighted by Gasteiger charge is 1.98. The summed E-state index contributed by atoms with van der Waals surface area (Å²) in [6.07, 6.45) is 4.38. The van der Waals surface area contributed by atoms with E-state index in [1.807, 2.05) is 6.92 Å². The minimum atomic E-state index is 0.729. The molecule has 0 aromatic carbocycles. The van der Waals surface area contributed by atoms with Crippen LogP contribution in [0, 0.1) is 6.92 Å². The molecule has 0 unspecified atom stereocenters. The van der Waals surface area contributed by atoms with Crippen molar-refractivity contribution in [2.24, 2.45) is 0 Å². The van der Waals surface area contributed by atoms with E-state index in [1.165, 1.54) is 12.7 Å². The zero-order valence-corrected chi connectivity index (χ0v) is 8.20. The van der Waals surface area contributed by atoms with Crippen LogP contribution in [0.4, 0.5) is 0 Å². The molecule has 0 fully saturated rings. The molecule has 2 rings (SSSR count). The zero-order chi connectivity index (χ0) is 9.68. The van der Waals surface area contributed by atoms with Crippen LogP contribution in [-0.2, 0) is 0 Å². The first kappa shape index (κ1) is 9.64. The number of aryl methyl sites for hydroxylation is 1. The van der Waals surface area contributed by atoms with Gasteiger partial charge in [-0.2, -0.15) is 0 Å². The van der Waals surface area contributed by atoms with E-state index >= 15 is 0 Å². The molecule has 70 valence electrons. The molecular weight excluding hydrogens is 164 g/mol. The van der Waals surface area contributed by atoms with Gasteiger partial charge in [-0.1, -0.05) is 20.3 Å². The molecule has 0 saturated carbocycles. The molecule has 0 bridgehead atoms. The van der Waals surface area contributed by atoms with Gasteiger partial charge in [-0.15, -0.1) is 0 Å².